The minimum Gasteiger partial charge on any atom is -0.462 e. The van der Waals surface area contributed by atoms with Gasteiger partial charge in [0.15, 0.2) is 0 Å². The van der Waals surface area contributed by atoms with Crippen molar-refractivity contribution in [2.75, 3.05) is 13.2 Å². The quantitative estimate of drug-likeness (QED) is 0.130. The summed E-state index contributed by atoms with van der Waals surface area (Å²) in [5.74, 6) is -9.94. The first-order chi connectivity index (χ1) is 16.0. The second-order valence-corrected chi connectivity index (χ2v) is 10.7. The fourth-order valence-corrected chi connectivity index (χ4v) is 3.43. The molecular weight excluding hydrogens is 554 g/mol. The first kappa shape index (κ1) is 31.4. The van der Waals surface area contributed by atoms with Gasteiger partial charge in [-0.15, -0.1) is 0 Å². The lowest BCUT2D eigenvalue weighted by Gasteiger charge is -2.29. The standard InChI is InChI=1S/C18H20F6O10S2/c1-4-15(2,3)14(26)33-10-9-32-13(25)11-5-7-12(8-6-11)34-36(30,31)18(23,24)16(19,20)17(21,22)35(27,28)29/h5-8H,4,9-10H2,1-3H3,(H,27,28,29). The van der Waals surface area contributed by atoms with Crippen LogP contribution in [0.25, 0.3) is 0 Å². The lowest BCUT2D eigenvalue weighted by molar-refractivity contribution is -0.247. The Hall–Kier alpha value is -2.60. The van der Waals surface area contributed by atoms with Crippen molar-refractivity contribution in [3.8, 4) is 5.75 Å². The van der Waals surface area contributed by atoms with Gasteiger partial charge in [-0.1, -0.05) is 6.92 Å². The van der Waals surface area contributed by atoms with Crippen LogP contribution in [0.3, 0.4) is 0 Å². The van der Waals surface area contributed by atoms with Crippen LogP contribution in [0.4, 0.5) is 26.3 Å². The molecular formula is C18H20F6O10S2. The molecule has 0 amide bonds. The third-order valence-corrected chi connectivity index (χ3v) is 6.85. The van der Waals surface area contributed by atoms with E-state index in [2.05, 4.69) is 4.18 Å². The molecule has 1 N–H and O–H groups in total. The van der Waals surface area contributed by atoms with Crippen molar-refractivity contribution < 1.29 is 71.0 Å². The second-order valence-electron chi connectivity index (χ2n) is 7.65. The van der Waals surface area contributed by atoms with Crippen LogP contribution >= 0.6 is 0 Å². The summed E-state index contributed by atoms with van der Waals surface area (Å²) in [5.41, 5.74) is -1.11. The number of alkyl halides is 6. The zero-order valence-corrected chi connectivity index (χ0v) is 20.3. The van der Waals surface area contributed by atoms with Gasteiger partial charge in [-0.25, -0.2) is 4.79 Å². The topological polar surface area (TPSA) is 150 Å². The lowest BCUT2D eigenvalue weighted by Crippen LogP contribution is -2.61. The molecule has 0 bridgehead atoms. The zero-order valence-electron chi connectivity index (χ0n) is 18.6. The summed E-state index contributed by atoms with van der Waals surface area (Å²) in [6.07, 6.45) is 0.475. The number of esters is 2. The van der Waals surface area contributed by atoms with Gasteiger partial charge in [0.1, 0.15) is 19.0 Å². The van der Waals surface area contributed by atoms with Gasteiger partial charge in [0.25, 0.3) is 0 Å². The van der Waals surface area contributed by atoms with Crippen LogP contribution in [-0.2, 0) is 34.5 Å². The van der Waals surface area contributed by atoms with Crippen LogP contribution in [0.5, 0.6) is 5.75 Å². The summed E-state index contributed by atoms with van der Waals surface area (Å²) < 4.78 is 147. The van der Waals surface area contributed by atoms with E-state index >= 15 is 0 Å². The average molecular weight is 574 g/mol. The van der Waals surface area contributed by atoms with Gasteiger partial charge in [-0.2, -0.15) is 43.2 Å². The molecule has 1 aromatic carbocycles. The highest BCUT2D eigenvalue weighted by atomic mass is 32.2. The molecule has 36 heavy (non-hydrogen) atoms. The van der Waals surface area contributed by atoms with Crippen LogP contribution in [0.15, 0.2) is 24.3 Å². The van der Waals surface area contributed by atoms with Crippen molar-refractivity contribution in [3.05, 3.63) is 29.8 Å². The molecule has 0 atom stereocenters. The van der Waals surface area contributed by atoms with Crippen molar-refractivity contribution in [2.45, 2.75) is 43.6 Å². The molecule has 0 radical (unpaired) electrons. The maximum Gasteiger partial charge on any atom is 0.450 e. The van der Waals surface area contributed by atoms with Gasteiger partial charge in [-0.3, -0.25) is 9.35 Å². The Labute approximate surface area is 201 Å². The van der Waals surface area contributed by atoms with E-state index in [0.717, 1.165) is 12.1 Å². The Balaban J connectivity index is 2.91. The summed E-state index contributed by atoms with van der Waals surface area (Å²) in [4.78, 5) is 23.7. The molecule has 0 aromatic heterocycles. The van der Waals surface area contributed by atoms with Crippen LogP contribution in [0, 0.1) is 5.41 Å². The molecule has 0 aliphatic rings. The summed E-state index contributed by atoms with van der Waals surface area (Å²) in [6, 6.07) is 2.44. The fraction of sp³-hybridized carbons (Fsp3) is 0.556. The monoisotopic (exact) mass is 574 g/mol. The number of carbonyl (C=O) groups excluding carboxylic acids is 2. The van der Waals surface area contributed by atoms with E-state index in [0.29, 0.717) is 18.6 Å². The van der Waals surface area contributed by atoms with Crippen molar-refractivity contribution in [1.29, 1.82) is 0 Å². The number of hydrogen-bond acceptors (Lipinski definition) is 9. The third kappa shape index (κ3) is 6.20. The normalized spacial score (nSPS) is 13.7. The molecule has 206 valence electrons. The molecule has 0 aliphatic heterocycles. The fourth-order valence-electron chi connectivity index (χ4n) is 2.01. The van der Waals surface area contributed by atoms with Crippen molar-refractivity contribution >= 4 is 32.2 Å². The van der Waals surface area contributed by atoms with Gasteiger partial charge in [0.2, 0.25) is 0 Å². The Kier molecular flexibility index (Phi) is 9.09. The molecule has 0 unspecified atom stereocenters. The van der Waals surface area contributed by atoms with E-state index in [4.69, 9.17) is 14.0 Å². The van der Waals surface area contributed by atoms with Crippen molar-refractivity contribution in [3.63, 3.8) is 0 Å². The predicted octanol–water partition coefficient (Wildman–Crippen LogP) is 3.24. The molecule has 0 fully saturated rings. The average Bonchev–Trinajstić information content (AvgIpc) is 2.75. The molecule has 1 aromatic rings. The number of hydrogen-bond donors (Lipinski definition) is 1. The van der Waals surface area contributed by atoms with E-state index in [1.165, 1.54) is 0 Å². The lowest BCUT2D eigenvalue weighted by atomic mass is 9.91. The highest BCUT2D eigenvalue weighted by Gasteiger charge is 2.83. The molecule has 0 heterocycles. The number of carbonyl (C=O) groups is 2. The third-order valence-electron chi connectivity index (χ3n) is 4.65. The van der Waals surface area contributed by atoms with Crippen LogP contribution in [0.2, 0.25) is 0 Å². The van der Waals surface area contributed by atoms with Crippen LogP contribution < -0.4 is 4.18 Å². The summed E-state index contributed by atoms with van der Waals surface area (Å²) in [6.45, 7) is 4.29. The zero-order chi connectivity index (χ0) is 28.4. The Morgan fingerprint density at radius 3 is 1.78 bits per heavy atom. The second kappa shape index (κ2) is 10.4. The molecule has 1 rings (SSSR count). The SMILES string of the molecule is CCC(C)(C)C(=O)OCCOC(=O)c1ccc(OS(=O)(=O)C(F)(F)C(F)(F)C(F)(F)S(=O)(=O)O)cc1. The Morgan fingerprint density at radius 1 is 0.861 bits per heavy atom. The first-order valence-corrected chi connectivity index (χ1v) is 12.4. The highest BCUT2D eigenvalue weighted by molar-refractivity contribution is 7.88. The van der Waals surface area contributed by atoms with Crippen LogP contribution in [0.1, 0.15) is 37.6 Å². The first-order valence-electron chi connectivity index (χ1n) is 9.54. The summed E-state index contributed by atoms with van der Waals surface area (Å²) in [7, 11) is -14.2. The van der Waals surface area contributed by atoms with Gasteiger partial charge >= 0.3 is 48.6 Å². The minimum atomic E-state index is -7.18. The van der Waals surface area contributed by atoms with Crippen molar-refractivity contribution in [2.24, 2.45) is 5.41 Å². The van der Waals surface area contributed by atoms with E-state index in [-0.39, 0.29) is 12.2 Å². The van der Waals surface area contributed by atoms with Gasteiger partial charge in [0, 0.05) is 0 Å². The number of ether oxygens (including phenoxy) is 2. The number of rotatable bonds is 12. The Bertz CT molecular complexity index is 1180. The molecule has 0 saturated carbocycles. The largest absolute Gasteiger partial charge is 0.462 e. The minimum absolute atomic E-state index is 0.315. The van der Waals surface area contributed by atoms with E-state index in [1.807, 2.05) is 0 Å². The smallest absolute Gasteiger partial charge is 0.450 e. The predicted molar refractivity (Wildman–Crippen MR) is 108 cm³/mol. The number of halogens is 6. The Morgan fingerprint density at radius 2 is 1.33 bits per heavy atom. The molecule has 0 saturated heterocycles. The molecule has 0 aliphatic carbocycles. The van der Waals surface area contributed by atoms with Crippen LogP contribution in [-0.4, -0.2) is 63.0 Å². The van der Waals surface area contributed by atoms with Gasteiger partial charge < -0.3 is 13.7 Å². The molecule has 10 nitrogen and oxygen atoms in total. The van der Waals surface area contributed by atoms with Crippen molar-refractivity contribution in [1.82, 2.24) is 0 Å². The van der Waals surface area contributed by atoms with E-state index in [9.17, 15) is 52.8 Å². The van der Waals surface area contributed by atoms with Gasteiger partial charge in [0.05, 0.1) is 11.0 Å². The molecule has 18 heteroatoms. The van der Waals surface area contributed by atoms with Gasteiger partial charge in [-0.05, 0) is 44.5 Å². The summed E-state index contributed by atoms with van der Waals surface area (Å²) >= 11 is 0. The summed E-state index contributed by atoms with van der Waals surface area (Å²) in [5, 5.41) is -13.8. The maximum atomic E-state index is 13.8. The van der Waals surface area contributed by atoms with E-state index < -0.39 is 66.4 Å². The van der Waals surface area contributed by atoms with E-state index in [1.54, 1.807) is 20.8 Å². The molecule has 0 spiro atoms. The maximum absolute atomic E-state index is 13.8. The highest BCUT2D eigenvalue weighted by Crippen LogP contribution is 2.50. The number of benzene rings is 1.